The summed E-state index contributed by atoms with van der Waals surface area (Å²) in [5, 5.41) is 3.19. The first-order chi connectivity index (χ1) is 9.54. The third kappa shape index (κ3) is 4.03. The fourth-order valence-corrected chi connectivity index (χ4v) is 1.78. The molecular formula is C13H10ClF3N2O. The Balaban J connectivity index is 2.13. The minimum Gasteiger partial charge on any atom is -0.434 e. The van der Waals surface area contributed by atoms with Gasteiger partial charge in [-0.25, -0.2) is 4.98 Å². The first-order valence-electron chi connectivity index (χ1n) is 5.64. The van der Waals surface area contributed by atoms with Gasteiger partial charge in [0.2, 0.25) is 5.95 Å². The lowest BCUT2D eigenvalue weighted by Gasteiger charge is -2.12. The average molecular weight is 303 g/mol. The molecule has 0 saturated carbocycles. The Bertz CT molecular complexity index is 596. The molecule has 1 heterocycles. The third-order valence-electron chi connectivity index (χ3n) is 2.41. The summed E-state index contributed by atoms with van der Waals surface area (Å²) in [6.07, 6.45) is 0. The first kappa shape index (κ1) is 14.5. The summed E-state index contributed by atoms with van der Waals surface area (Å²) in [4.78, 5) is 3.60. The number of ether oxygens (including phenoxy) is 1. The Morgan fingerprint density at radius 1 is 1.25 bits per heavy atom. The highest BCUT2D eigenvalue weighted by molar-refractivity contribution is 6.30. The number of aromatic nitrogens is 1. The summed E-state index contributed by atoms with van der Waals surface area (Å²) in [6, 6.07) is 8.54. The van der Waals surface area contributed by atoms with E-state index >= 15 is 0 Å². The van der Waals surface area contributed by atoms with E-state index in [9.17, 15) is 13.2 Å². The lowest BCUT2D eigenvalue weighted by molar-refractivity contribution is -0.0504. The number of anilines is 1. The van der Waals surface area contributed by atoms with Crippen molar-refractivity contribution < 1.29 is 17.9 Å². The lowest BCUT2D eigenvalue weighted by atomic mass is 10.2. The van der Waals surface area contributed by atoms with E-state index in [1.165, 1.54) is 30.3 Å². The SMILES string of the molecule is Fc1cccc(NCc2cc(Cl)ccc2OC(F)F)n1. The van der Waals surface area contributed by atoms with Crippen LogP contribution < -0.4 is 10.1 Å². The second kappa shape index (κ2) is 6.47. The molecule has 1 aromatic carbocycles. The van der Waals surface area contributed by atoms with Crippen LogP contribution in [0.15, 0.2) is 36.4 Å². The standard InChI is InChI=1S/C13H10ClF3N2O/c14-9-4-5-10(20-13(16)17)8(6-9)7-18-12-3-1-2-11(15)19-12/h1-6,13H,7H2,(H,18,19). The molecule has 0 aliphatic heterocycles. The van der Waals surface area contributed by atoms with Gasteiger partial charge in [-0.05, 0) is 30.3 Å². The van der Waals surface area contributed by atoms with Crippen LogP contribution in [0, 0.1) is 5.95 Å². The summed E-state index contributed by atoms with van der Waals surface area (Å²) in [5.41, 5.74) is 0.420. The minimum absolute atomic E-state index is 0.00769. The predicted octanol–water partition coefficient (Wildman–Crippen LogP) is 4.09. The Kier molecular flexibility index (Phi) is 4.68. The van der Waals surface area contributed by atoms with Gasteiger partial charge in [0.15, 0.2) is 0 Å². The molecule has 1 aromatic heterocycles. The van der Waals surface area contributed by atoms with Crippen LogP contribution in [0.2, 0.25) is 5.02 Å². The Labute approximate surface area is 118 Å². The zero-order chi connectivity index (χ0) is 14.5. The molecule has 0 aliphatic carbocycles. The number of benzene rings is 1. The van der Waals surface area contributed by atoms with Gasteiger partial charge in [-0.15, -0.1) is 0 Å². The number of pyridine rings is 1. The molecule has 0 atom stereocenters. The van der Waals surface area contributed by atoms with Crippen molar-refractivity contribution in [1.29, 1.82) is 0 Å². The summed E-state index contributed by atoms with van der Waals surface area (Å²) < 4.78 is 41.9. The fraction of sp³-hybridized carbons (Fsp3) is 0.154. The first-order valence-corrected chi connectivity index (χ1v) is 6.02. The molecule has 0 aliphatic rings. The maximum absolute atomic E-state index is 12.9. The highest BCUT2D eigenvalue weighted by atomic mass is 35.5. The zero-order valence-electron chi connectivity index (χ0n) is 10.1. The molecule has 0 bridgehead atoms. The van der Waals surface area contributed by atoms with E-state index in [0.29, 0.717) is 10.6 Å². The van der Waals surface area contributed by atoms with Crippen LogP contribution in [0.5, 0.6) is 5.75 Å². The molecule has 2 rings (SSSR count). The van der Waals surface area contributed by atoms with Gasteiger partial charge in [0, 0.05) is 17.1 Å². The molecule has 0 fully saturated rings. The van der Waals surface area contributed by atoms with Crippen molar-refractivity contribution >= 4 is 17.4 Å². The van der Waals surface area contributed by atoms with Crippen LogP contribution >= 0.6 is 11.6 Å². The number of alkyl halides is 2. The molecule has 2 aromatic rings. The highest BCUT2D eigenvalue weighted by Crippen LogP contribution is 2.25. The monoisotopic (exact) mass is 302 g/mol. The maximum atomic E-state index is 12.9. The normalized spacial score (nSPS) is 10.7. The topological polar surface area (TPSA) is 34.1 Å². The average Bonchev–Trinajstić information content (AvgIpc) is 2.39. The quantitative estimate of drug-likeness (QED) is 0.845. The number of hydrogen-bond donors (Lipinski definition) is 1. The molecule has 106 valence electrons. The molecule has 7 heteroatoms. The summed E-state index contributed by atoms with van der Waals surface area (Å²) in [7, 11) is 0. The van der Waals surface area contributed by atoms with Crippen LogP contribution in [0.25, 0.3) is 0 Å². The fourth-order valence-electron chi connectivity index (χ4n) is 1.59. The Hall–Kier alpha value is -1.95. The smallest absolute Gasteiger partial charge is 0.387 e. The molecule has 0 amide bonds. The van der Waals surface area contributed by atoms with Crippen molar-refractivity contribution in [2.75, 3.05) is 5.32 Å². The molecule has 3 nitrogen and oxygen atoms in total. The van der Waals surface area contributed by atoms with Crippen LogP contribution in [-0.4, -0.2) is 11.6 Å². The van der Waals surface area contributed by atoms with Crippen LogP contribution in [-0.2, 0) is 6.54 Å². The minimum atomic E-state index is -2.93. The van der Waals surface area contributed by atoms with Gasteiger partial charge in [0.25, 0.3) is 0 Å². The van der Waals surface area contributed by atoms with Gasteiger partial charge in [-0.2, -0.15) is 13.2 Å². The maximum Gasteiger partial charge on any atom is 0.387 e. The van der Waals surface area contributed by atoms with E-state index in [0.717, 1.165) is 0 Å². The van der Waals surface area contributed by atoms with E-state index in [4.69, 9.17) is 11.6 Å². The van der Waals surface area contributed by atoms with Gasteiger partial charge in [0.1, 0.15) is 11.6 Å². The molecular weight excluding hydrogens is 293 g/mol. The van der Waals surface area contributed by atoms with E-state index in [1.54, 1.807) is 6.07 Å². The second-order valence-corrected chi connectivity index (χ2v) is 4.27. The van der Waals surface area contributed by atoms with Gasteiger partial charge in [-0.3, -0.25) is 0 Å². The summed E-state index contributed by atoms with van der Waals surface area (Å²) >= 11 is 5.81. The number of nitrogens with one attached hydrogen (secondary N) is 1. The van der Waals surface area contributed by atoms with Crippen LogP contribution in [0.1, 0.15) is 5.56 Å². The van der Waals surface area contributed by atoms with Gasteiger partial charge in [0.05, 0.1) is 0 Å². The van der Waals surface area contributed by atoms with Gasteiger partial charge >= 0.3 is 6.61 Å². The van der Waals surface area contributed by atoms with E-state index in [1.807, 2.05) is 0 Å². The largest absolute Gasteiger partial charge is 0.434 e. The molecule has 0 radical (unpaired) electrons. The predicted molar refractivity (Wildman–Crippen MR) is 69.6 cm³/mol. The molecule has 20 heavy (non-hydrogen) atoms. The van der Waals surface area contributed by atoms with Gasteiger partial charge in [-0.1, -0.05) is 17.7 Å². The Morgan fingerprint density at radius 2 is 2.05 bits per heavy atom. The van der Waals surface area contributed by atoms with Crippen molar-refractivity contribution in [2.24, 2.45) is 0 Å². The zero-order valence-corrected chi connectivity index (χ0v) is 10.9. The van der Waals surface area contributed by atoms with E-state index in [-0.39, 0.29) is 18.1 Å². The number of nitrogens with zero attached hydrogens (tertiary/aromatic N) is 1. The molecule has 0 saturated heterocycles. The molecule has 0 unspecified atom stereocenters. The number of halogens is 4. The van der Waals surface area contributed by atoms with Crippen molar-refractivity contribution in [3.63, 3.8) is 0 Å². The van der Waals surface area contributed by atoms with Crippen molar-refractivity contribution in [1.82, 2.24) is 4.98 Å². The Morgan fingerprint density at radius 3 is 2.75 bits per heavy atom. The number of rotatable bonds is 5. The highest BCUT2D eigenvalue weighted by Gasteiger charge is 2.10. The van der Waals surface area contributed by atoms with Crippen molar-refractivity contribution in [2.45, 2.75) is 13.2 Å². The van der Waals surface area contributed by atoms with Crippen molar-refractivity contribution in [3.8, 4) is 5.75 Å². The van der Waals surface area contributed by atoms with Crippen LogP contribution in [0.4, 0.5) is 19.0 Å². The molecule has 0 spiro atoms. The number of hydrogen-bond acceptors (Lipinski definition) is 3. The van der Waals surface area contributed by atoms with E-state index in [2.05, 4.69) is 15.0 Å². The second-order valence-electron chi connectivity index (χ2n) is 3.83. The van der Waals surface area contributed by atoms with Gasteiger partial charge < -0.3 is 10.1 Å². The summed E-state index contributed by atoms with van der Waals surface area (Å²) in [5.74, 6) is -0.341. The lowest BCUT2D eigenvalue weighted by Crippen LogP contribution is -2.08. The third-order valence-corrected chi connectivity index (χ3v) is 2.65. The van der Waals surface area contributed by atoms with E-state index < -0.39 is 12.6 Å². The van der Waals surface area contributed by atoms with Crippen LogP contribution in [0.3, 0.4) is 0 Å². The molecule has 1 N–H and O–H groups in total. The summed E-state index contributed by atoms with van der Waals surface area (Å²) in [6.45, 7) is -2.80. The van der Waals surface area contributed by atoms with Crippen molar-refractivity contribution in [3.05, 3.63) is 52.9 Å².